The van der Waals surface area contributed by atoms with Crippen molar-refractivity contribution >= 4 is 29.4 Å². The summed E-state index contributed by atoms with van der Waals surface area (Å²) in [5.41, 5.74) is 0. The summed E-state index contributed by atoms with van der Waals surface area (Å²) in [6.07, 6.45) is 0. The van der Waals surface area contributed by atoms with Crippen LogP contribution in [0.4, 0.5) is 0 Å². The van der Waals surface area contributed by atoms with Gasteiger partial charge in [-0.15, -0.1) is 0 Å². The number of carbonyl (C=O) groups excluding carboxylic acids is 1. The molecule has 0 rings (SSSR count). The van der Waals surface area contributed by atoms with Gasteiger partial charge in [-0.1, -0.05) is 0 Å². The molecule has 5 heteroatoms. The number of hydrogen-bond donors (Lipinski definition) is 1. The first-order valence-electron chi connectivity index (χ1n) is 3.78. The van der Waals surface area contributed by atoms with Crippen LogP contribution in [0.3, 0.4) is 0 Å². The summed E-state index contributed by atoms with van der Waals surface area (Å²) in [4.78, 5) is 11.0. The molecule has 0 heterocycles. The lowest BCUT2D eigenvalue weighted by Gasteiger charge is -2.08. The summed E-state index contributed by atoms with van der Waals surface area (Å²) in [7, 11) is -1.15. The molecule has 2 atom stereocenters. The van der Waals surface area contributed by atoms with Crippen molar-refractivity contribution in [2.45, 2.75) is 19.1 Å². The van der Waals surface area contributed by atoms with Crippen LogP contribution in [-0.2, 0) is 20.3 Å². The minimum absolute atomic E-state index is 0.335. The lowest BCUT2D eigenvalue weighted by atomic mass is 10.5. The molecule has 0 saturated carbocycles. The van der Waals surface area contributed by atoms with Crippen LogP contribution in [0.15, 0.2) is 0 Å². The van der Waals surface area contributed by atoms with E-state index >= 15 is 0 Å². The number of rotatable bonds is 5. The second kappa shape index (κ2) is 6.48. The van der Waals surface area contributed by atoms with Crippen LogP contribution in [0.1, 0.15) is 13.8 Å². The topological polar surface area (TPSA) is 43.4 Å². The van der Waals surface area contributed by atoms with E-state index in [4.69, 9.17) is 4.74 Å². The van der Waals surface area contributed by atoms with Crippen LogP contribution in [0.2, 0.25) is 0 Å². The Labute approximate surface area is 80.7 Å². The van der Waals surface area contributed by atoms with Gasteiger partial charge in [-0.05, 0) is 13.8 Å². The van der Waals surface area contributed by atoms with Gasteiger partial charge >= 0.3 is 5.97 Å². The van der Waals surface area contributed by atoms with Crippen molar-refractivity contribution in [2.24, 2.45) is 0 Å². The molecule has 0 bridgehead atoms. The van der Waals surface area contributed by atoms with Crippen LogP contribution in [0, 0.1) is 0 Å². The van der Waals surface area contributed by atoms with Crippen molar-refractivity contribution in [3.05, 3.63) is 0 Å². The molecule has 0 aliphatic carbocycles. The van der Waals surface area contributed by atoms with E-state index in [1.54, 1.807) is 13.8 Å². The van der Waals surface area contributed by atoms with Gasteiger partial charge < -0.3 is 4.74 Å². The van der Waals surface area contributed by atoms with Crippen molar-refractivity contribution in [2.75, 3.05) is 18.1 Å². The Morgan fingerprint density at radius 3 is 2.67 bits per heavy atom. The van der Waals surface area contributed by atoms with E-state index < -0.39 is 22.0 Å². The van der Waals surface area contributed by atoms with Crippen molar-refractivity contribution in [1.29, 1.82) is 0 Å². The smallest absolute Gasteiger partial charge is 0.321 e. The molecule has 0 unspecified atom stereocenters. The normalized spacial score (nSPS) is 15.2. The van der Waals surface area contributed by atoms with Crippen LogP contribution >= 0.6 is 12.6 Å². The van der Waals surface area contributed by atoms with Crippen molar-refractivity contribution < 1.29 is 13.7 Å². The zero-order valence-corrected chi connectivity index (χ0v) is 8.99. The fourth-order valence-corrected chi connectivity index (χ4v) is 1.99. The minimum Gasteiger partial charge on any atom is -0.465 e. The van der Waals surface area contributed by atoms with Gasteiger partial charge in [0.2, 0.25) is 0 Å². The standard InChI is InChI=1S/C7H14O3S2/c1-3-10-7(8)6(2)12(9)5-4-11/h6,11H,3-5H2,1-2H3/t6-,12+/m1/s1. The maximum Gasteiger partial charge on any atom is 0.321 e. The zero-order valence-electron chi connectivity index (χ0n) is 7.28. The summed E-state index contributed by atoms with van der Waals surface area (Å²) in [5.74, 6) is 0.567. The maximum atomic E-state index is 11.2. The Morgan fingerprint density at radius 1 is 1.67 bits per heavy atom. The summed E-state index contributed by atoms with van der Waals surface area (Å²) >= 11 is 3.93. The Morgan fingerprint density at radius 2 is 2.25 bits per heavy atom. The molecule has 0 N–H and O–H groups in total. The van der Waals surface area contributed by atoms with Crippen LogP contribution in [0.25, 0.3) is 0 Å². The molecule has 0 aromatic heterocycles. The number of carbonyl (C=O) groups is 1. The van der Waals surface area contributed by atoms with Crippen LogP contribution < -0.4 is 0 Å². The van der Waals surface area contributed by atoms with Crippen LogP contribution in [0.5, 0.6) is 0 Å². The molecular weight excluding hydrogens is 196 g/mol. The van der Waals surface area contributed by atoms with E-state index in [0.29, 0.717) is 18.1 Å². The maximum absolute atomic E-state index is 11.2. The zero-order chi connectivity index (χ0) is 9.56. The minimum atomic E-state index is -1.15. The van der Waals surface area contributed by atoms with Crippen molar-refractivity contribution in [3.63, 3.8) is 0 Å². The highest BCUT2D eigenvalue weighted by atomic mass is 32.2. The average Bonchev–Trinajstić information content (AvgIpc) is 2.04. The molecule has 0 aliphatic rings. The molecule has 0 fully saturated rings. The molecular formula is C7H14O3S2. The van der Waals surface area contributed by atoms with Gasteiger partial charge in [-0.25, -0.2) is 0 Å². The third-order valence-corrected chi connectivity index (χ3v) is 3.42. The number of ether oxygens (including phenoxy) is 1. The van der Waals surface area contributed by atoms with Gasteiger partial charge in [0, 0.05) is 22.3 Å². The first-order chi connectivity index (χ1) is 5.63. The van der Waals surface area contributed by atoms with Gasteiger partial charge in [-0.3, -0.25) is 9.00 Å². The summed E-state index contributed by atoms with van der Waals surface area (Å²) in [5, 5.41) is -0.530. The third kappa shape index (κ3) is 4.11. The van der Waals surface area contributed by atoms with Gasteiger partial charge in [0.25, 0.3) is 0 Å². The van der Waals surface area contributed by atoms with Crippen molar-refractivity contribution in [3.8, 4) is 0 Å². The van der Waals surface area contributed by atoms with E-state index in [1.807, 2.05) is 0 Å². The predicted octanol–water partition coefficient (Wildman–Crippen LogP) is 0.617. The second-order valence-electron chi connectivity index (χ2n) is 2.20. The van der Waals surface area contributed by atoms with Gasteiger partial charge in [0.05, 0.1) is 6.61 Å². The highest BCUT2D eigenvalue weighted by Crippen LogP contribution is 1.99. The number of hydrogen-bond acceptors (Lipinski definition) is 4. The third-order valence-electron chi connectivity index (χ3n) is 1.31. The van der Waals surface area contributed by atoms with Gasteiger partial charge in [-0.2, -0.15) is 12.6 Å². The van der Waals surface area contributed by atoms with Crippen molar-refractivity contribution in [1.82, 2.24) is 0 Å². The quantitative estimate of drug-likeness (QED) is 0.534. The lowest BCUT2D eigenvalue weighted by Crippen LogP contribution is -2.26. The molecule has 72 valence electrons. The highest BCUT2D eigenvalue weighted by Gasteiger charge is 2.19. The molecule has 0 aromatic rings. The Bertz CT molecular complexity index is 152. The van der Waals surface area contributed by atoms with E-state index in [9.17, 15) is 9.00 Å². The first kappa shape index (κ1) is 12.0. The molecule has 12 heavy (non-hydrogen) atoms. The average molecular weight is 210 g/mol. The highest BCUT2D eigenvalue weighted by molar-refractivity contribution is 7.88. The Kier molecular flexibility index (Phi) is 6.47. The summed E-state index contributed by atoms with van der Waals surface area (Å²) < 4.78 is 15.9. The molecule has 0 radical (unpaired) electrons. The molecule has 0 aliphatic heterocycles. The first-order valence-corrected chi connectivity index (χ1v) is 5.79. The van der Waals surface area contributed by atoms with E-state index in [-0.39, 0.29) is 0 Å². The van der Waals surface area contributed by atoms with Gasteiger partial charge in [0.1, 0.15) is 5.25 Å². The molecule has 0 spiro atoms. The summed E-state index contributed by atoms with van der Waals surface area (Å²) in [6.45, 7) is 3.67. The molecule has 0 amide bonds. The summed E-state index contributed by atoms with van der Waals surface area (Å²) in [6, 6.07) is 0. The molecule has 0 saturated heterocycles. The Hall–Kier alpha value is -0.0300. The van der Waals surface area contributed by atoms with Gasteiger partial charge in [0.15, 0.2) is 0 Å². The van der Waals surface area contributed by atoms with E-state index in [0.717, 1.165) is 0 Å². The molecule has 3 nitrogen and oxygen atoms in total. The number of thiol groups is 1. The van der Waals surface area contributed by atoms with Crippen LogP contribution in [-0.4, -0.2) is 33.5 Å². The fourth-order valence-electron chi connectivity index (χ4n) is 0.634. The molecule has 0 aromatic carbocycles. The monoisotopic (exact) mass is 210 g/mol. The predicted molar refractivity (Wildman–Crippen MR) is 53.0 cm³/mol. The SMILES string of the molecule is CCOC(=O)[C@@H](C)[S@@](=O)CCS. The Balaban J connectivity index is 3.91. The lowest BCUT2D eigenvalue weighted by molar-refractivity contribution is -0.142. The van der Waals surface area contributed by atoms with E-state index in [1.165, 1.54) is 0 Å². The van der Waals surface area contributed by atoms with E-state index in [2.05, 4.69) is 12.6 Å². The second-order valence-corrected chi connectivity index (χ2v) is 4.53. The largest absolute Gasteiger partial charge is 0.465 e. The fraction of sp³-hybridized carbons (Fsp3) is 0.857. The number of esters is 1.